The van der Waals surface area contributed by atoms with Gasteiger partial charge in [0.1, 0.15) is 5.82 Å². The van der Waals surface area contributed by atoms with Crippen molar-refractivity contribution < 1.29 is 13.7 Å². The van der Waals surface area contributed by atoms with Gasteiger partial charge in [-0.05, 0) is 43.3 Å². The smallest absolute Gasteiger partial charge is 0.233 e. The van der Waals surface area contributed by atoms with E-state index in [-0.39, 0.29) is 17.5 Å². The number of aromatic nitrogens is 4. The molecule has 0 unspecified atom stereocenters. The van der Waals surface area contributed by atoms with Gasteiger partial charge >= 0.3 is 0 Å². The second-order valence-corrected chi connectivity index (χ2v) is 9.31. The number of rotatable bonds is 7. The first kappa shape index (κ1) is 23.3. The van der Waals surface area contributed by atoms with E-state index < -0.39 is 0 Å². The maximum Gasteiger partial charge on any atom is 0.233 e. The Labute approximate surface area is 206 Å². The summed E-state index contributed by atoms with van der Waals surface area (Å²) in [5.41, 5.74) is 2.50. The fraction of sp³-hybridized carbons (Fsp3) is 0.280. The van der Waals surface area contributed by atoms with E-state index in [1.165, 1.54) is 23.9 Å². The third-order valence-electron chi connectivity index (χ3n) is 5.86. The van der Waals surface area contributed by atoms with Crippen LogP contribution in [-0.2, 0) is 11.3 Å². The molecule has 0 bridgehead atoms. The molecule has 2 aromatic carbocycles. The fourth-order valence-electron chi connectivity index (χ4n) is 4.04. The number of halogens is 1. The number of hydrogen-bond donors (Lipinski definition) is 0. The second-order valence-electron chi connectivity index (χ2n) is 8.36. The number of para-hydroxylation sites is 1. The van der Waals surface area contributed by atoms with Crippen LogP contribution in [0.15, 0.2) is 70.3 Å². The van der Waals surface area contributed by atoms with Crippen LogP contribution < -0.4 is 0 Å². The molecular weight excluding hydrogens is 467 g/mol. The second kappa shape index (κ2) is 10.4. The van der Waals surface area contributed by atoms with E-state index >= 15 is 0 Å². The minimum absolute atomic E-state index is 0.0658. The maximum absolute atomic E-state index is 13.5. The number of carbonyl (C=O) groups excluding carboxylic acids is 1. The van der Waals surface area contributed by atoms with Gasteiger partial charge in [0.2, 0.25) is 5.91 Å². The van der Waals surface area contributed by atoms with Gasteiger partial charge in [-0.2, -0.15) is 0 Å². The molecule has 1 aliphatic rings. The van der Waals surface area contributed by atoms with Gasteiger partial charge in [-0.3, -0.25) is 14.3 Å². The molecule has 0 radical (unpaired) electrons. The molecular formula is C25H25FN6O2S. The van der Waals surface area contributed by atoms with E-state index in [4.69, 9.17) is 4.52 Å². The summed E-state index contributed by atoms with van der Waals surface area (Å²) in [7, 11) is 0. The summed E-state index contributed by atoms with van der Waals surface area (Å²) in [6.07, 6.45) is 0. The van der Waals surface area contributed by atoms with E-state index in [1.54, 1.807) is 12.1 Å². The normalized spacial score (nSPS) is 14.4. The van der Waals surface area contributed by atoms with Gasteiger partial charge in [-0.1, -0.05) is 35.1 Å². The minimum atomic E-state index is -0.309. The van der Waals surface area contributed by atoms with Crippen LogP contribution in [0.3, 0.4) is 0 Å². The lowest BCUT2D eigenvalue weighted by Crippen LogP contribution is -2.48. The lowest BCUT2D eigenvalue weighted by molar-refractivity contribution is -0.130. The van der Waals surface area contributed by atoms with Crippen molar-refractivity contribution >= 4 is 17.7 Å². The Morgan fingerprint density at radius 1 is 1.03 bits per heavy atom. The molecule has 3 heterocycles. The zero-order valence-electron chi connectivity index (χ0n) is 19.3. The zero-order chi connectivity index (χ0) is 24.2. The number of benzene rings is 2. The van der Waals surface area contributed by atoms with Crippen molar-refractivity contribution in [2.24, 2.45) is 0 Å². The minimum Gasteiger partial charge on any atom is -0.360 e. The number of nitrogens with zero attached hydrogens (tertiary/aromatic N) is 6. The maximum atomic E-state index is 13.5. The van der Waals surface area contributed by atoms with Crippen LogP contribution in [-0.4, -0.2) is 67.6 Å². The van der Waals surface area contributed by atoms with Gasteiger partial charge < -0.3 is 9.42 Å². The van der Waals surface area contributed by atoms with Crippen molar-refractivity contribution in [3.8, 4) is 17.1 Å². The van der Waals surface area contributed by atoms with Crippen molar-refractivity contribution in [2.45, 2.75) is 18.6 Å². The summed E-state index contributed by atoms with van der Waals surface area (Å²) in [5.74, 6) is 1.46. The van der Waals surface area contributed by atoms with Gasteiger partial charge in [-0.15, -0.1) is 10.2 Å². The predicted molar refractivity (Wildman–Crippen MR) is 131 cm³/mol. The third-order valence-corrected chi connectivity index (χ3v) is 6.77. The summed E-state index contributed by atoms with van der Waals surface area (Å²) in [4.78, 5) is 17.1. The molecule has 0 N–H and O–H groups in total. The summed E-state index contributed by atoms with van der Waals surface area (Å²) in [5, 5.41) is 13.3. The molecule has 0 atom stereocenters. The third kappa shape index (κ3) is 5.44. The molecule has 10 heteroatoms. The van der Waals surface area contributed by atoms with E-state index in [9.17, 15) is 9.18 Å². The number of hydrogen-bond acceptors (Lipinski definition) is 7. The SMILES string of the molecule is Cc1cc(CN2CCN(C(=O)CSc3nnc(-c4ccc(F)cc4)n3-c3ccccc3)CC2)on1. The summed E-state index contributed by atoms with van der Waals surface area (Å²) < 4.78 is 20.7. The Bertz CT molecular complexity index is 1280. The molecule has 0 saturated carbocycles. The molecule has 0 aliphatic carbocycles. The highest BCUT2D eigenvalue weighted by molar-refractivity contribution is 7.99. The highest BCUT2D eigenvalue weighted by atomic mass is 32.2. The molecule has 1 aliphatic heterocycles. The van der Waals surface area contributed by atoms with Gasteiger partial charge in [0.05, 0.1) is 18.0 Å². The van der Waals surface area contributed by atoms with Gasteiger partial charge in [0.25, 0.3) is 0 Å². The number of piperazine rings is 1. The Morgan fingerprint density at radius 3 is 2.46 bits per heavy atom. The topological polar surface area (TPSA) is 80.3 Å². The van der Waals surface area contributed by atoms with Crippen molar-refractivity contribution in [1.82, 2.24) is 29.7 Å². The quantitative estimate of drug-likeness (QED) is 0.363. The van der Waals surface area contributed by atoms with Crippen LogP contribution in [0.5, 0.6) is 0 Å². The lowest BCUT2D eigenvalue weighted by atomic mass is 10.2. The first-order valence-electron chi connectivity index (χ1n) is 11.4. The monoisotopic (exact) mass is 492 g/mol. The molecule has 0 spiro atoms. The molecule has 8 nitrogen and oxygen atoms in total. The van der Waals surface area contributed by atoms with Crippen LogP contribution in [0, 0.1) is 12.7 Å². The van der Waals surface area contributed by atoms with Gasteiger partial charge in [-0.25, -0.2) is 4.39 Å². The Kier molecular flexibility index (Phi) is 6.91. The standard InChI is InChI=1S/C25H25FN6O2S/c1-18-15-22(34-29-18)16-30-11-13-31(14-12-30)23(33)17-35-25-28-27-24(19-7-9-20(26)10-8-19)32(25)21-5-3-2-4-6-21/h2-10,15H,11-14,16-17H2,1H3. The van der Waals surface area contributed by atoms with Crippen molar-refractivity contribution in [1.29, 1.82) is 0 Å². The van der Waals surface area contributed by atoms with Crippen LogP contribution in [0.25, 0.3) is 17.1 Å². The molecule has 180 valence electrons. The van der Waals surface area contributed by atoms with Crippen molar-refractivity contribution in [2.75, 3.05) is 31.9 Å². The first-order valence-corrected chi connectivity index (χ1v) is 12.4. The van der Waals surface area contributed by atoms with E-state index in [2.05, 4.69) is 20.3 Å². The number of aryl methyl sites for hydroxylation is 1. The lowest BCUT2D eigenvalue weighted by Gasteiger charge is -2.34. The molecule has 2 aromatic heterocycles. The molecule has 1 fully saturated rings. The Balaban J connectivity index is 1.25. The van der Waals surface area contributed by atoms with Crippen LogP contribution in [0.2, 0.25) is 0 Å². The van der Waals surface area contributed by atoms with E-state index in [1.807, 2.05) is 52.8 Å². The van der Waals surface area contributed by atoms with Crippen LogP contribution in [0.4, 0.5) is 4.39 Å². The molecule has 1 amide bonds. The van der Waals surface area contributed by atoms with Crippen LogP contribution in [0.1, 0.15) is 11.5 Å². The van der Waals surface area contributed by atoms with Gasteiger partial charge in [0.15, 0.2) is 16.7 Å². The molecule has 1 saturated heterocycles. The largest absolute Gasteiger partial charge is 0.360 e. The Morgan fingerprint density at radius 2 is 1.77 bits per heavy atom. The van der Waals surface area contributed by atoms with Gasteiger partial charge in [0, 0.05) is 43.5 Å². The summed E-state index contributed by atoms with van der Waals surface area (Å²) in [6, 6.07) is 17.8. The average molecular weight is 493 g/mol. The Hall–Kier alpha value is -3.50. The number of amides is 1. The van der Waals surface area contributed by atoms with E-state index in [0.717, 1.165) is 35.8 Å². The first-order chi connectivity index (χ1) is 17.1. The summed E-state index contributed by atoms with van der Waals surface area (Å²) >= 11 is 1.36. The highest BCUT2D eigenvalue weighted by Crippen LogP contribution is 2.28. The molecule has 35 heavy (non-hydrogen) atoms. The fourth-order valence-corrected chi connectivity index (χ4v) is 4.90. The predicted octanol–water partition coefficient (Wildman–Crippen LogP) is 3.81. The number of thioether (sulfide) groups is 1. The average Bonchev–Trinajstić information content (AvgIpc) is 3.50. The molecule has 5 rings (SSSR count). The molecule has 4 aromatic rings. The number of carbonyl (C=O) groups is 1. The highest BCUT2D eigenvalue weighted by Gasteiger charge is 2.23. The van der Waals surface area contributed by atoms with Crippen molar-refractivity contribution in [3.05, 3.63) is 77.9 Å². The van der Waals surface area contributed by atoms with Crippen molar-refractivity contribution in [3.63, 3.8) is 0 Å². The summed E-state index contributed by atoms with van der Waals surface area (Å²) in [6.45, 7) is 5.50. The zero-order valence-corrected chi connectivity index (χ0v) is 20.1. The van der Waals surface area contributed by atoms with Crippen LogP contribution >= 0.6 is 11.8 Å². The van der Waals surface area contributed by atoms with E-state index in [0.29, 0.717) is 30.6 Å².